The molecule has 0 atom stereocenters. The minimum absolute atomic E-state index is 0.0710. The molecular weight excluding hydrogens is 256 g/mol. The van der Waals surface area contributed by atoms with Gasteiger partial charge in [0, 0.05) is 18.2 Å². The molecule has 20 heavy (non-hydrogen) atoms. The molecule has 5 nitrogen and oxygen atoms in total. The second kappa shape index (κ2) is 6.13. The van der Waals surface area contributed by atoms with Gasteiger partial charge in [-0.05, 0) is 18.9 Å². The molecule has 5 heteroatoms. The summed E-state index contributed by atoms with van der Waals surface area (Å²) in [6.07, 6.45) is 4.68. The second-order valence-corrected chi connectivity index (χ2v) is 5.30. The Kier molecular flexibility index (Phi) is 4.06. The first-order valence-electron chi connectivity index (χ1n) is 7.20. The predicted octanol–water partition coefficient (Wildman–Crippen LogP) is 1.56. The van der Waals surface area contributed by atoms with E-state index < -0.39 is 0 Å². The van der Waals surface area contributed by atoms with E-state index in [-0.39, 0.29) is 12.7 Å². The SMILES string of the molecule is O=C(CNCc1cccc2c1OCO2)NC1CCCC1. The smallest absolute Gasteiger partial charge is 0.234 e. The van der Waals surface area contributed by atoms with Gasteiger partial charge >= 0.3 is 0 Å². The quantitative estimate of drug-likeness (QED) is 0.857. The van der Waals surface area contributed by atoms with Crippen molar-refractivity contribution in [3.8, 4) is 11.5 Å². The summed E-state index contributed by atoms with van der Waals surface area (Å²) in [4.78, 5) is 11.8. The Labute approximate surface area is 118 Å². The Morgan fingerprint density at radius 1 is 1.25 bits per heavy atom. The van der Waals surface area contributed by atoms with Crippen molar-refractivity contribution in [3.63, 3.8) is 0 Å². The van der Waals surface area contributed by atoms with Crippen molar-refractivity contribution >= 4 is 5.91 Å². The van der Waals surface area contributed by atoms with Gasteiger partial charge in [-0.1, -0.05) is 25.0 Å². The Bertz CT molecular complexity index is 484. The summed E-state index contributed by atoms with van der Waals surface area (Å²) >= 11 is 0. The maximum absolute atomic E-state index is 11.8. The van der Waals surface area contributed by atoms with E-state index in [0.717, 1.165) is 29.9 Å². The van der Waals surface area contributed by atoms with Crippen LogP contribution in [0.4, 0.5) is 0 Å². The van der Waals surface area contributed by atoms with E-state index in [1.165, 1.54) is 12.8 Å². The van der Waals surface area contributed by atoms with Crippen molar-refractivity contribution in [1.82, 2.24) is 10.6 Å². The molecule has 2 N–H and O–H groups in total. The lowest BCUT2D eigenvalue weighted by Gasteiger charge is -2.12. The van der Waals surface area contributed by atoms with E-state index in [2.05, 4.69) is 10.6 Å². The molecule has 1 aliphatic carbocycles. The molecule has 0 aromatic heterocycles. The van der Waals surface area contributed by atoms with Crippen molar-refractivity contribution in [2.24, 2.45) is 0 Å². The highest BCUT2D eigenvalue weighted by atomic mass is 16.7. The summed E-state index contributed by atoms with van der Waals surface area (Å²) in [5.74, 6) is 1.64. The van der Waals surface area contributed by atoms with Crippen LogP contribution in [0.5, 0.6) is 11.5 Å². The van der Waals surface area contributed by atoms with Crippen molar-refractivity contribution in [2.45, 2.75) is 38.3 Å². The summed E-state index contributed by atoms with van der Waals surface area (Å²) in [6, 6.07) is 6.18. The Balaban J connectivity index is 1.45. The molecule has 1 heterocycles. The van der Waals surface area contributed by atoms with Crippen LogP contribution in [0.3, 0.4) is 0 Å². The van der Waals surface area contributed by atoms with Crippen LogP contribution in [0.2, 0.25) is 0 Å². The molecule has 0 unspecified atom stereocenters. The van der Waals surface area contributed by atoms with Crippen LogP contribution < -0.4 is 20.1 Å². The average molecular weight is 276 g/mol. The van der Waals surface area contributed by atoms with Crippen molar-refractivity contribution in [2.75, 3.05) is 13.3 Å². The second-order valence-electron chi connectivity index (χ2n) is 5.30. The van der Waals surface area contributed by atoms with E-state index in [0.29, 0.717) is 19.1 Å². The first-order valence-corrected chi connectivity index (χ1v) is 7.20. The van der Waals surface area contributed by atoms with Gasteiger partial charge in [-0.15, -0.1) is 0 Å². The number of hydrogen-bond donors (Lipinski definition) is 2. The monoisotopic (exact) mass is 276 g/mol. The van der Waals surface area contributed by atoms with Crippen molar-refractivity contribution < 1.29 is 14.3 Å². The van der Waals surface area contributed by atoms with Gasteiger partial charge < -0.3 is 20.1 Å². The third-order valence-corrected chi connectivity index (χ3v) is 3.80. The summed E-state index contributed by atoms with van der Waals surface area (Å²) in [5.41, 5.74) is 1.02. The van der Waals surface area contributed by atoms with E-state index >= 15 is 0 Å². The van der Waals surface area contributed by atoms with E-state index in [9.17, 15) is 4.79 Å². The van der Waals surface area contributed by atoms with Crippen LogP contribution in [0, 0.1) is 0 Å². The van der Waals surface area contributed by atoms with Crippen LogP contribution in [-0.2, 0) is 11.3 Å². The Hall–Kier alpha value is -1.75. The number of nitrogens with one attached hydrogen (secondary N) is 2. The molecule has 1 aromatic carbocycles. The molecule has 2 aliphatic rings. The van der Waals surface area contributed by atoms with Gasteiger partial charge in [0.1, 0.15) is 0 Å². The van der Waals surface area contributed by atoms with Crippen LogP contribution >= 0.6 is 0 Å². The zero-order valence-electron chi connectivity index (χ0n) is 11.5. The zero-order chi connectivity index (χ0) is 13.8. The highest BCUT2D eigenvalue weighted by Crippen LogP contribution is 2.35. The van der Waals surface area contributed by atoms with E-state index in [4.69, 9.17) is 9.47 Å². The van der Waals surface area contributed by atoms with Crippen LogP contribution in [0.15, 0.2) is 18.2 Å². The largest absolute Gasteiger partial charge is 0.454 e. The summed E-state index contributed by atoms with van der Waals surface area (Å²) in [6.45, 7) is 1.21. The lowest BCUT2D eigenvalue weighted by Crippen LogP contribution is -2.38. The minimum Gasteiger partial charge on any atom is -0.454 e. The molecule has 0 spiro atoms. The fourth-order valence-corrected chi connectivity index (χ4v) is 2.79. The van der Waals surface area contributed by atoms with Gasteiger partial charge in [0.15, 0.2) is 11.5 Å². The van der Waals surface area contributed by atoms with E-state index in [1.54, 1.807) is 0 Å². The maximum Gasteiger partial charge on any atom is 0.234 e. The maximum atomic E-state index is 11.8. The molecular formula is C15H20N2O3. The van der Waals surface area contributed by atoms with Crippen molar-refractivity contribution in [3.05, 3.63) is 23.8 Å². The predicted molar refractivity (Wildman–Crippen MR) is 74.7 cm³/mol. The molecule has 0 saturated heterocycles. The first kappa shape index (κ1) is 13.2. The summed E-state index contributed by atoms with van der Waals surface area (Å²) in [5, 5.41) is 6.22. The van der Waals surface area contributed by atoms with Gasteiger partial charge in [0.2, 0.25) is 12.7 Å². The molecule has 1 aromatic rings. The summed E-state index contributed by atoms with van der Waals surface area (Å²) in [7, 11) is 0. The fourth-order valence-electron chi connectivity index (χ4n) is 2.79. The lowest BCUT2D eigenvalue weighted by molar-refractivity contribution is -0.120. The standard InChI is InChI=1S/C15H20N2O3/c18-14(17-12-5-1-2-6-12)9-16-8-11-4-3-7-13-15(11)20-10-19-13/h3-4,7,12,16H,1-2,5-6,8-10H2,(H,17,18). The number of para-hydroxylation sites is 1. The number of hydrogen-bond acceptors (Lipinski definition) is 4. The van der Waals surface area contributed by atoms with Crippen LogP contribution in [0.1, 0.15) is 31.2 Å². The summed E-state index contributed by atoms with van der Waals surface area (Å²) < 4.78 is 10.8. The van der Waals surface area contributed by atoms with Crippen molar-refractivity contribution in [1.29, 1.82) is 0 Å². The Morgan fingerprint density at radius 3 is 2.95 bits per heavy atom. The number of benzene rings is 1. The third kappa shape index (κ3) is 3.04. The first-order chi connectivity index (χ1) is 9.83. The zero-order valence-corrected chi connectivity index (χ0v) is 11.5. The molecule has 0 bridgehead atoms. The Morgan fingerprint density at radius 2 is 2.10 bits per heavy atom. The number of carbonyl (C=O) groups is 1. The number of rotatable bonds is 5. The van der Waals surface area contributed by atoms with E-state index in [1.807, 2.05) is 18.2 Å². The van der Waals surface area contributed by atoms with Gasteiger partial charge in [-0.3, -0.25) is 4.79 Å². The molecule has 1 saturated carbocycles. The minimum atomic E-state index is 0.0710. The lowest BCUT2D eigenvalue weighted by atomic mass is 10.2. The number of amides is 1. The third-order valence-electron chi connectivity index (χ3n) is 3.80. The molecule has 3 rings (SSSR count). The topological polar surface area (TPSA) is 59.6 Å². The van der Waals surface area contributed by atoms with Crippen LogP contribution in [-0.4, -0.2) is 25.3 Å². The average Bonchev–Trinajstić information content (AvgIpc) is 3.09. The molecule has 108 valence electrons. The van der Waals surface area contributed by atoms with Gasteiger partial charge in [-0.2, -0.15) is 0 Å². The highest BCUT2D eigenvalue weighted by molar-refractivity contribution is 5.78. The van der Waals surface area contributed by atoms with Gasteiger partial charge in [-0.25, -0.2) is 0 Å². The van der Waals surface area contributed by atoms with Crippen LogP contribution in [0.25, 0.3) is 0 Å². The highest BCUT2D eigenvalue weighted by Gasteiger charge is 2.18. The number of carbonyl (C=O) groups excluding carboxylic acids is 1. The molecule has 1 aliphatic heterocycles. The van der Waals surface area contributed by atoms with Gasteiger partial charge in [0.25, 0.3) is 0 Å². The molecule has 0 radical (unpaired) electrons. The molecule has 1 amide bonds. The van der Waals surface area contributed by atoms with Gasteiger partial charge in [0.05, 0.1) is 6.54 Å². The normalized spacial score (nSPS) is 17.4. The number of ether oxygens (including phenoxy) is 2. The fraction of sp³-hybridized carbons (Fsp3) is 0.533. The molecule has 1 fully saturated rings. The number of fused-ring (bicyclic) bond motifs is 1.